The number of rotatable bonds is 10. The van der Waals surface area contributed by atoms with Crippen LogP contribution in [-0.2, 0) is 16.1 Å². The second kappa shape index (κ2) is 12.1. The van der Waals surface area contributed by atoms with Crippen LogP contribution in [0.3, 0.4) is 0 Å². The first-order valence-corrected chi connectivity index (χ1v) is 11.5. The molecule has 32 heavy (non-hydrogen) atoms. The monoisotopic (exact) mass is 443 g/mol. The predicted molar refractivity (Wildman–Crippen MR) is 122 cm³/mol. The van der Waals surface area contributed by atoms with E-state index in [1.54, 1.807) is 13.0 Å². The van der Waals surface area contributed by atoms with Crippen molar-refractivity contribution in [2.75, 3.05) is 26.3 Å². The zero-order valence-electron chi connectivity index (χ0n) is 18.8. The third-order valence-corrected chi connectivity index (χ3v) is 6.27. The highest BCUT2D eigenvalue weighted by atomic mass is 19.1. The van der Waals surface area contributed by atoms with Crippen molar-refractivity contribution in [3.8, 4) is 0 Å². The molecule has 0 radical (unpaired) electrons. The number of likely N-dealkylation sites (tertiary alicyclic amines) is 1. The van der Waals surface area contributed by atoms with E-state index in [2.05, 4.69) is 0 Å². The number of amides is 1. The fourth-order valence-electron chi connectivity index (χ4n) is 4.51. The van der Waals surface area contributed by atoms with Crippen molar-refractivity contribution in [1.29, 1.82) is 0 Å². The van der Waals surface area contributed by atoms with Gasteiger partial charge < -0.3 is 19.8 Å². The topological polar surface area (TPSA) is 70.0 Å². The fraction of sp³-hybridized carbons (Fsp3) is 0.500. The molecule has 3 atom stereocenters. The van der Waals surface area contributed by atoms with Crippen LogP contribution in [-0.4, -0.2) is 53.4 Å². The van der Waals surface area contributed by atoms with Crippen molar-refractivity contribution in [2.24, 2.45) is 5.92 Å². The van der Waals surface area contributed by atoms with Gasteiger partial charge in [0.25, 0.3) is 0 Å². The highest BCUT2D eigenvalue weighted by Crippen LogP contribution is 2.34. The summed E-state index contributed by atoms with van der Waals surface area (Å²) in [5, 5.41) is 20.4. The number of carbonyl (C=O) groups excluding carboxylic acids is 1. The standard InChI is InChI=1S/C26H34FNO4/c1-19-16-21(27)10-11-22(19)25(26(31)28-13-6-3-7-14-28)23(24(30)12-15-29)18-32-17-20-8-4-2-5-9-20/h2,4-5,8-11,16,23-25,29-30H,3,6-7,12-15,17-18H2,1H3. The number of nitrogens with zero attached hydrogens (tertiary/aromatic N) is 1. The van der Waals surface area contributed by atoms with Gasteiger partial charge in [0, 0.05) is 25.6 Å². The number of aliphatic hydroxyl groups excluding tert-OH is 2. The Morgan fingerprint density at radius 1 is 1.12 bits per heavy atom. The molecule has 1 aliphatic rings. The van der Waals surface area contributed by atoms with E-state index in [1.807, 2.05) is 35.2 Å². The van der Waals surface area contributed by atoms with Gasteiger partial charge in [-0.05, 0) is 61.4 Å². The Morgan fingerprint density at radius 2 is 1.84 bits per heavy atom. The average molecular weight is 444 g/mol. The Hall–Kier alpha value is -2.28. The molecule has 0 aliphatic carbocycles. The van der Waals surface area contributed by atoms with Crippen LogP contribution in [0.5, 0.6) is 0 Å². The molecule has 0 spiro atoms. The van der Waals surface area contributed by atoms with Crippen LogP contribution in [0.2, 0.25) is 0 Å². The normalized spacial score (nSPS) is 17.1. The van der Waals surface area contributed by atoms with Gasteiger partial charge in [-0.1, -0.05) is 36.4 Å². The van der Waals surface area contributed by atoms with E-state index < -0.39 is 17.9 Å². The van der Waals surface area contributed by atoms with Gasteiger partial charge in [-0.15, -0.1) is 0 Å². The van der Waals surface area contributed by atoms with Crippen LogP contribution in [0.15, 0.2) is 48.5 Å². The summed E-state index contributed by atoms with van der Waals surface area (Å²) in [6.45, 7) is 3.47. The Labute approximate surface area is 189 Å². The first-order valence-electron chi connectivity index (χ1n) is 11.5. The number of aryl methyl sites for hydroxylation is 1. The van der Waals surface area contributed by atoms with E-state index >= 15 is 0 Å². The second-order valence-electron chi connectivity index (χ2n) is 8.61. The third kappa shape index (κ3) is 6.37. The number of hydrogen-bond acceptors (Lipinski definition) is 4. The molecule has 1 amide bonds. The molecule has 1 saturated heterocycles. The van der Waals surface area contributed by atoms with E-state index in [1.165, 1.54) is 12.1 Å². The highest BCUT2D eigenvalue weighted by Gasteiger charge is 2.38. The number of ether oxygens (including phenoxy) is 1. The van der Waals surface area contributed by atoms with Crippen molar-refractivity contribution in [2.45, 2.75) is 51.2 Å². The second-order valence-corrected chi connectivity index (χ2v) is 8.61. The SMILES string of the molecule is Cc1cc(F)ccc1C(C(=O)N1CCCCC1)C(COCc1ccccc1)C(O)CCO. The Balaban J connectivity index is 1.90. The van der Waals surface area contributed by atoms with Crippen LogP contribution in [0, 0.1) is 18.7 Å². The van der Waals surface area contributed by atoms with Crippen LogP contribution >= 0.6 is 0 Å². The van der Waals surface area contributed by atoms with Gasteiger partial charge in [-0.3, -0.25) is 4.79 Å². The fourth-order valence-corrected chi connectivity index (χ4v) is 4.51. The zero-order valence-corrected chi connectivity index (χ0v) is 18.8. The number of carbonyl (C=O) groups is 1. The smallest absolute Gasteiger partial charge is 0.230 e. The maximum atomic E-state index is 13.8. The molecule has 3 rings (SSSR count). The lowest BCUT2D eigenvalue weighted by molar-refractivity contribution is -0.138. The summed E-state index contributed by atoms with van der Waals surface area (Å²) < 4.78 is 19.8. The summed E-state index contributed by atoms with van der Waals surface area (Å²) in [5.74, 6) is -1.66. The molecule has 0 aromatic heterocycles. The lowest BCUT2D eigenvalue weighted by atomic mass is 9.79. The molecule has 0 bridgehead atoms. The molecule has 1 aliphatic heterocycles. The number of aliphatic hydroxyl groups is 2. The van der Waals surface area contributed by atoms with Gasteiger partial charge in [-0.2, -0.15) is 0 Å². The molecule has 0 saturated carbocycles. The van der Waals surface area contributed by atoms with Crippen molar-refractivity contribution < 1.29 is 24.1 Å². The summed E-state index contributed by atoms with van der Waals surface area (Å²) in [7, 11) is 0. The van der Waals surface area contributed by atoms with Gasteiger partial charge in [0.05, 0.1) is 25.2 Å². The Kier molecular flexibility index (Phi) is 9.21. The van der Waals surface area contributed by atoms with E-state index in [0.717, 1.165) is 24.8 Å². The van der Waals surface area contributed by atoms with Crippen molar-refractivity contribution in [3.63, 3.8) is 0 Å². The number of halogens is 1. The summed E-state index contributed by atoms with van der Waals surface area (Å²) in [4.78, 5) is 15.6. The third-order valence-electron chi connectivity index (χ3n) is 6.27. The van der Waals surface area contributed by atoms with Gasteiger partial charge in [0.1, 0.15) is 5.82 Å². The zero-order chi connectivity index (χ0) is 22.9. The lowest BCUT2D eigenvalue weighted by Gasteiger charge is -2.36. The molecule has 2 N–H and O–H groups in total. The molecule has 1 heterocycles. The van der Waals surface area contributed by atoms with Crippen LogP contribution in [0.25, 0.3) is 0 Å². The lowest BCUT2D eigenvalue weighted by Crippen LogP contribution is -2.44. The van der Waals surface area contributed by atoms with E-state index in [9.17, 15) is 19.4 Å². The highest BCUT2D eigenvalue weighted by molar-refractivity contribution is 5.84. The van der Waals surface area contributed by atoms with Crippen molar-refractivity contribution >= 4 is 5.91 Å². The van der Waals surface area contributed by atoms with Crippen LogP contribution in [0.4, 0.5) is 4.39 Å². The van der Waals surface area contributed by atoms with Gasteiger partial charge >= 0.3 is 0 Å². The molecule has 2 aromatic carbocycles. The summed E-state index contributed by atoms with van der Waals surface area (Å²) in [6, 6.07) is 14.1. The molecule has 6 heteroatoms. The molecular weight excluding hydrogens is 409 g/mol. The molecular formula is C26H34FNO4. The first-order chi connectivity index (χ1) is 15.5. The first kappa shape index (κ1) is 24.4. The minimum atomic E-state index is -0.932. The minimum absolute atomic E-state index is 0.0651. The Morgan fingerprint density at radius 3 is 2.50 bits per heavy atom. The maximum Gasteiger partial charge on any atom is 0.230 e. The minimum Gasteiger partial charge on any atom is -0.396 e. The quantitative estimate of drug-likeness (QED) is 0.586. The summed E-state index contributed by atoms with van der Waals surface area (Å²) in [6.07, 6.45) is 2.22. The van der Waals surface area contributed by atoms with E-state index in [4.69, 9.17) is 4.74 Å². The molecule has 2 aromatic rings. The molecule has 174 valence electrons. The molecule has 1 fully saturated rings. The van der Waals surface area contributed by atoms with E-state index in [-0.39, 0.29) is 31.4 Å². The number of benzene rings is 2. The summed E-state index contributed by atoms with van der Waals surface area (Å²) >= 11 is 0. The largest absolute Gasteiger partial charge is 0.396 e. The molecule has 3 unspecified atom stereocenters. The van der Waals surface area contributed by atoms with Crippen molar-refractivity contribution in [3.05, 3.63) is 71.0 Å². The average Bonchev–Trinajstić information content (AvgIpc) is 2.80. The van der Waals surface area contributed by atoms with Gasteiger partial charge in [0.2, 0.25) is 5.91 Å². The van der Waals surface area contributed by atoms with E-state index in [0.29, 0.717) is 30.8 Å². The van der Waals surface area contributed by atoms with Crippen molar-refractivity contribution in [1.82, 2.24) is 4.90 Å². The van der Waals surface area contributed by atoms with Crippen LogP contribution in [0.1, 0.15) is 48.3 Å². The number of hydrogen-bond donors (Lipinski definition) is 2. The predicted octanol–water partition coefficient (Wildman–Crippen LogP) is 3.81. The molecule has 5 nitrogen and oxygen atoms in total. The summed E-state index contributed by atoms with van der Waals surface area (Å²) in [5.41, 5.74) is 2.37. The number of piperidine rings is 1. The van der Waals surface area contributed by atoms with Gasteiger partial charge in [0.15, 0.2) is 0 Å². The van der Waals surface area contributed by atoms with Crippen LogP contribution < -0.4 is 0 Å². The Bertz CT molecular complexity index is 854. The maximum absolute atomic E-state index is 13.8. The van der Waals surface area contributed by atoms with Gasteiger partial charge in [-0.25, -0.2) is 4.39 Å².